The van der Waals surface area contributed by atoms with Gasteiger partial charge in [-0.3, -0.25) is 4.98 Å². The van der Waals surface area contributed by atoms with Crippen LogP contribution in [0.25, 0.3) is 0 Å². The molecule has 1 N–H and O–H groups in total. The zero-order chi connectivity index (χ0) is 12.4. The maximum absolute atomic E-state index is 4.21. The molecule has 1 aromatic carbocycles. The predicted molar refractivity (Wildman–Crippen MR) is 74.8 cm³/mol. The molecule has 92 valence electrons. The largest absolute Gasteiger partial charge is 0.381 e. The first-order valence-corrected chi connectivity index (χ1v) is 6.57. The highest BCUT2D eigenvalue weighted by Gasteiger charge is 2.10. The smallest absolute Gasteiger partial charge is 0.0416 e. The number of pyridine rings is 1. The summed E-state index contributed by atoms with van der Waals surface area (Å²) >= 11 is 0. The van der Waals surface area contributed by atoms with E-state index in [0.29, 0.717) is 0 Å². The van der Waals surface area contributed by atoms with Crippen LogP contribution in [0.2, 0.25) is 0 Å². The summed E-state index contributed by atoms with van der Waals surface area (Å²) in [6.07, 6.45) is 7.60. The predicted octanol–water partition coefficient (Wildman–Crippen LogP) is 3.49. The molecule has 2 aromatic rings. The third kappa shape index (κ3) is 2.37. The molecule has 0 radical (unpaired) electrons. The van der Waals surface area contributed by atoms with Crippen LogP contribution < -0.4 is 5.32 Å². The lowest BCUT2D eigenvalue weighted by atomic mass is 10.1. The molecule has 2 heteroatoms. The summed E-state index contributed by atoms with van der Waals surface area (Å²) < 4.78 is 0. The molecule has 0 fully saturated rings. The Morgan fingerprint density at radius 2 is 2.00 bits per heavy atom. The summed E-state index contributed by atoms with van der Waals surface area (Å²) in [5, 5.41) is 3.48. The number of benzene rings is 1. The van der Waals surface area contributed by atoms with Gasteiger partial charge in [0.1, 0.15) is 0 Å². The number of hydrogen-bond acceptors (Lipinski definition) is 2. The third-order valence-corrected chi connectivity index (χ3v) is 3.53. The van der Waals surface area contributed by atoms with E-state index in [4.69, 9.17) is 0 Å². The standard InChI is InChI=1S/C16H18N2/c1-12-7-13(10-17-9-12)11-18-16-6-5-14-3-2-4-15(14)8-16/h5-10,18H,2-4,11H2,1H3. The number of aryl methyl sites for hydroxylation is 3. The van der Waals surface area contributed by atoms with E-state index in [9.17, 15) is 0 Å². The van der Waals surface area contributed by atoms with Gasteiger partial charge in [-0.25, -0.2) is 0 Å². The molecule has 2 nitrogen and oxygen atoms in total. The fraction of sp³-hybridized carbons (Fsp3) is 0.312. The van der Waals surface area contributed by atoms with E-state index >= 15 is 0 Å². The molecular weight excluding hydrogens is 220 g/mol. The number of hydrogen-bond donors (Lipinski definition) is 1. The third-order valence-electron chi connectivity index (χ3n) is 3.53. The Balaban J connectivity index is 1.70. The molecule has 1 aromatic heterocycles. The Bertz CT molecular complexity index is 561. The normalized spacial score (nSPS) is 13.4. The first kappa shape index (κ1) is 11.3. The van der Waals surface area contributed by atoms with Crippen LogP contribution >= 0.6 is 0 Å². The average Bonchev–Trinajstić information content (AvgIpc) is 2.84. The van der Waals surface area contributed by atoms with Crippen LogP contribution in [0.1, 0.15) is 28.7 Å². The van der Waals surface area contributed by atoms with Crippen LogP contribution in [0.5, 0.6) is 0 Å². The molecule has 0 unspecified atom stereocenters. The van der Waals surface area contributed by atoms with Gasteiger partial charge >= 0.3 is 0 Å². The van der Waals surface area contributed by atoms with E-state index < -0.39 is 0 Å². The molecule has 1 aliphatic carbocycles. The van der Waals surface area contributed by atoms with Crippen molar-refractivity contribution in [2.45, 2.75) is 32.7 Å². The summed E-state index contributed by atoms with van der Waals surface area (Å²) in [6, 6.07) is 8.92. The van der Waals surface area contributed by atoms with Gasteiger partial charge in [-0.15, -0.1) is 0 Å². The van der Waals surface area contributed by atoms with Crippen molar-refractivity contribution in [1.29, 1.82) is 0 Å². The zero-order valence-corrected chi connectivity index (χ0v) is 10.7. The number of fused-ring (bicyclic) bond motifs is 1. The monoisotopic (exact) mass is 238 g/mol. The average molecular weight is 238 g/mol. The zero-order valence-electron chi connectivity index (χ0n) is 10.7. The Hall–Kier alpha value is -1.83. The summed E-state index contributed by atoms with van der Waals surface area (Å²) in [5.41, 5.74) is 6.70. The van der Waals surface area contributed by atoms with Crippen molar-refractivity contribution < 1.29 is 0 Å². The molecule has 0 atom stereocenters. The van der Waals surface area contributed by atoms with Gasteiger partial charge in [-0.05, 0) is 60.6 Å². The Morgan fingerprint density at radius 3 is 2.89 bits per heavy atom. The van der Waals surface area contributed by atoms with Crippen LogP contribution in [0.4, 0.5) is 5.69 Å². The lowest BCUT2D eigenvalue weighted by Crippen LogP contribution is -2.00. The maximum Gasteiger partial charge on any atom is 0.0416 e. The molecule has 3 rings (SSSR count). The van der Waals surface area contributed by atoms with Crippen LogP contribution in [-0.4, -0.2) is 4.98 Å². The number of aromatic nitrogens is 1. The van der Waals surface area contributed by atoms with Gasteiger partial charge in [-0.1, -0.05) is 12.1 Å². The molecule has 0 spiro atoms. The Kier molecular flexibility index (Phi) is 3.01. The van der Waals surface area contributed by atoms with Gasteiger partial charge in [0.25, 0.3) is 0 Å². The van der Waals surface area contributed by atoms with Crippen LogP contribution in [0.3, 0.4) is 0 Å². The fourth-order valence-electron chi connectivity index (χ4n) is 2.60. The first-order chi connectivity index (χ1) is 8.81. The van der Waals surface area contributed by atoms with E-state index in [1.165, 1.54) is 47.2 Å². The van der Waals surface area contributed by atoms with Crippen LogP contribution in [0.15, 0.2) is 36.7 Å². The second-order valence-corrected chi connectivity index (χ2v) is 5.06. The SMILES string of the molecule is Cc1cncc(CNc2ccc3c(c2)CCC3)c1. The van der Waals surface area contributed by atoms with Gasteiger partial charge in [0, 0.05) is 24.6 Å². The number of rotatable bonds is 3. The summed E-state index contributed by atoms with van der Waals surface area (Å²) in [4.78, 5) is 4.21. The molecular formula is C16H18N2. The lowest BCUT2D eigenvalue weighted by molar-refractivity contribution is 0.912. The highest BCUT2D eigenvalue weighted by molar-refractivity contribution is 5.50. The van der Waals surface area contributed by atoms with Crippen molar-refractivity contribution in [1.82, 2.24) is 4.98 Å². The molecule has 0 amide bonds. The molecule has 1 aliphatic rings. The second-order valence-electron chi connectivity index (χ2n) is 5.06. The summed E-state index contributed by atoms with van der Waals surface area (Å²) in [5.74, 6) is 0. The highest BCUT2D eigenvalue weighted by atomic mass is 14.9. The van der Waals surface area contributed by atoms with E-state index in [-0.39, 0.29) is 0 Å². The van der Waals surface area contributed by atoms with Gasteiger partial charge in [0.15, 0.2) is 0 Å². The van der Waals surface area contributed by atoms with Crippen molar-refractivity contribution in [3.8, 4) is 0 Å². The maximum atomic E-state index is 4.21. The lowest BCUT2D eigenvalue weighted by Gasteiger charge is -2.08. The Labute approximate surface area is 108 Å². The molecule has 0 bridgehead atoms. The Morgan fingerprint density at radius 1 is 1.11 bits per heavy atom. The van der Waals surface area contributed by atoms with Crippen molar-refractivity contribution in [2.24, 2.45) is 0 Å². The fourth-order valence-corrected chi connectivity index (χ4v) is 2.60. The molecule has 18 heavy (non-hydrogen) atoms. The van der Waals surface area contributed by atoms with E-state index in [0.717, 1.165) is 6.54 Å². The van der Waals surface area contributed by atoms with Crippen LogP contribution in [-0.2, 0) is 19.4 Å². The van der Waals surface area contributed by atoms with Crippen molar-refractivity contribution >= 4 is 5.69 Å². The quantitative estimate of drug-likeness (QED) is 0.885. The van der Waals surface area contributed by atoms with E-state index in [1.54, 1.807) is 0 Å². The number of nitrogens with zero attached hydrogens (tertiary/aromatic N) is 1. The van der Waals surface area contributed by atoms with Crippen molar-refractivity contribution in [3.63, 3.8) is 0 Å². The molecule has 1 heterocycles. The number of nitrogens with one attached hydrogen (secondary N) is 1. The van der Waals surface area contributed by atoms with Crippen LogP contribution in [0, 0.1) is 6.92 Å². The molecule has 0 aliphatic heterocycles. The van der Waals surface area contributed by atoms with Crippen molar-refractivity contribution in [2.75, 3.05) is 5.32 Å². The first-order valence-electron chi connectivity index (χ1n) is 6.57. The van der Waals surface area contributed by atoms with Gasteiger partial charge in [0.05, 0.1) is 0 Å². The minimum absolute atomic E-state index is 0.841. The second kappa shape index (κ2) is 4.81. The van der Waals surface area contributed by atoms with Gasteiger partial charge in [0.2, 0.25) is 0 Å². The van der Waals surface area contributed by atoms with Crippen molar-refractivity contribution in [3.05, 3.63) is 58.9 Å². The topological polar surface area (TPSA) is 24.9 Å². The molecule has 0 saturated heterocycles. The highest BCUT2D eigenvalue weighted by Crippen LogP contribution is 2.25. The minimum Gasteiger partial charge on any atom is -0.381 e. The van der Waals surface area contributed by atoms with E-state index in [2.05, 4.69) is 41.5 Å². The van der Waals surface area contributed by atoms with E-state index in [1.807, 2.05) is 12.4 Å². The molecule has 0 saturated carbocycles. The van der Waals surface area contributed by atoms with Gasteiger partial charge < -0.3 is 5.32 Å². The number of anilines is 1. The van der Waals surface area contributed by atoms with Gasteiger partial charge in [-0.2, -0.15) is 0 Å². The summed E-state index contributed by atoms with van der Waals surface area (Å²) in [7, 11) is 0. The summed E-state index contributed by atoms with van der Waals surface area (Å²) in [6.45, 7) is 2.92. The minimum atomic E-state index is 0.841.